The van der Waals surface area contributed by atoms with E-state index in [1.165, 1.54) is 36.9 Å². The van der Waals surface area contributed by atoms with Crippen LogP contribution >= 0.6 is 0 Å². The summed E-state index contributed by atoms with van der Waals surface area (Å²) in [5.41, 5.74) is -0.0182. The van der Waals surface area contributed by atoms with E-state index < -0.39 is 26.9 Å². The predicted octanol–water partition coefficient (Wildman–Crippen LogP) is 0.112. The van der Waals surface area contributed by atoms with Gasteiger partial charge in [0.25, 0.3) is 0 Å². The molecule has 1 amide bonds. The highest BCUT2D eigenvalue weighted by Gasteiger charge is 2.19. The van der Waals surface area contributed by atoms with Gasteiger partial charge in [0.1, 0.15) is 0 Å². The minimum Gasteiger partial charge on any atom is -0.350 e. The summed E-state index contributed by atoms with van der Waals surface area (Å²) in [5.74, 6) is -0.790. The number of nitrogens with zero attached hydrogens (tertiary/aromatic N) is 3. The van der Waals surface area contributed by atoms with Crippen LogP contribution in [0.5, 0.6) is 0 Å². The monoisotopic (exact) mass is 416 g/mol. The van der Waals surface area contributed by atoms with Crippen molar-refractivity contribution in [1.82, 2.24) is 19.4 Å². The smallest absolute Gasteiger partial charge is 0.316 e. The molecule has 0 atom stereocenters. The molecule has 1 N–H and O–H groups in total. The van der Waals surface area contributed by atoms with E-state index in [0.29, 0.717) is 16.7 Å². The minimum atomic E-state index is -3.76. The number of pyridine rings is 1. The SMILES string of the molecule is Cn1c(=O)c(=O)n(C)c2cc(S(=O)(=O)CCC(=O)NCc3ccccn3)ccc21. The lowest BCUT2D eigenvalue weighted by Crippen LogP contribution is -2.39. The van der Waals surface area contributed by atoms with Crippen LogP contribution in [0, 0.1) is 0 Å². The second kappa shape index (κ2) is 8.00. The Balaban J connectivity index is 1.77. The topological polar surface area (TPSA) is 120 Å². The van der Waals surface area contributed by atoms with Gasteiger partial charge in [-0.25, -0.2) is 8.42 Å². The summed E-state index contributed by atoms with van der Waals surface area (Å²) in [7, 11) is -0.901. The second-order valence-electron chi connectivity index (χ2n) is 6.55. The number of carbonyl (C=O) groups excluding carboxylic acids is 1. The number of hydrogen-bond acceptors (Lipinski definition) is 6. The van der Waals surface area contributed by atoms with Crippen molar-refractivity contribution < 1.29 is 13.2 Å². The summed E-state index contributed by atoms with van der Waals surface area (Å²) < 4.78 is 27.6. The molecular formula is C19H20N4O5S. The fraction of sp³-hybridized carbons (Fsp3) is 0.263. The summed E-state index contributed by atoms with van der Waals surface area (Å²) in [6, 6.07) is 9.50. The molecule has 0 aliphatic carbocycles. The average Bonchev–Trinajstić information content (AvgIpc) is 2.73. The van der Waals surface area contributed by atoms with Crippen molar-refractivity contribution in [2.75, 3.05) is 5.75 Å². The van der Waals surface area contributed by atoms with Crippen LogP contribution in [0.25, 0.3) is 11.0 Å². The number of fused-ring (bicyclic) bond motifs is 1. The van der Waals surface area contributed by atoms with Crippen molar-refractivity contribution in [2.24, 2.45) is 14.1 Å². The lowest BCUT2D eigenvalue weighted by atomic mass is 10.3. The van der Waals surface area contributed by atoms with Gasteiger partial charge in [0.05, 0.1) is 33.9 Å². The summed E-state index contributed by atoms with van der Waals surface area (Å²) in [6.45, 7) is 0.214. The van der Waals surface area contributed by atoms with E-state index in [2.05, 4.69) is 10.3 Å². The van der Waals surface area contributed by atoms with Gasteiger partial charge in [-0.15, -0.1) is 0 Å². The minimum absolute atomic E-state index is 0.0174. The second-order valence-corrected chi connectivity index (χ2v) is 8.65. The number of benzene rings is 1. The Bertz CT molecular complexity index is 1290. The van der Waals surface area contributed by atoms with E-state index in [1.54, 1.807) is 24.4 Å². The van der Waals surface area contributed by atoms with Gasteiger partial charge < -0.3 is 14.5 Å². The first kappa shape index (κ1) is 20.5. The zero-order valence-corrected chi connectivity index (χ0v) is 16.8. The first-order valence-corrected chi connectivity index (χ1v) is 10.4. The molecule has 10 heteroatoms. The van der Waals surface area contributed by atoms with Gasteiger partial charge in [-0.05, 0) is 30.3 Å². The molecule has 2 heterocycles. The van der Waals surface area contributed by atoms with Gasteiger partial charge in [0.15, 0.2) is 9.84 Å². The van der Waals surface area contributed by atoms with E-state index in [9.17, 15) is 22.8 Å². The van der Waals surface area contributed by atoms with Gasteiger partial charge in [-0.1, -0.05) is 6.07 Å². The van der Waals surface area contributed by atoms with Crippen molar-refractivity contribution in [3.05, 3.63) is 69.0 Å². The number of rotatable bonds is 6. The zero-order valence-electron chi connectivity index (χ0n) is 16.0. The zero-order chi connectivity index (χ0) is 21.2. The molecule has 3 rings (SSSR count). The molecule has 0 saturated heterocycles. The molecule has 0 fully saturated rings. The van der Waals surface area contributed by atoms with Crippen molar-refractivity contribution in [3.8, 4) is 0 Å². The van der Waals surface area contributed by atoms with E-state index in [0.717, 1.165) is 4.57 Å². The highest BCUT2D eigenvalue weighted by Crippen LogP contribution is 2.18. The van der Waals surface area contributed by atoms with Crippen molar-refractivity contribution in [2.45, 2.75) is 17.9 Å². The fourth-order valence-corrected chi connectivity index (χ4v) is 4.14. The van der Waals surface area contributed by atoms with Crippen LogP contribution in [0.2, 0.25) is 0 Å². The van der Waals surface area contributed by atoms with Gasteiger partial charge in [0.2, 0.25) is 5.91 Å². The fourth-order valence-electron chi connectivity index (χ4n) is 2.88. The highest BCUT2D eigenvalue weighted by molar-refractivity contribution is 7.91. The normalized spacial score (nSPS) is 11.5. The van der Waals surface area contributed by atoms with E-state index in [4.69, 9.17) is 0 Å². The van der Waals surface area contributed by atoms with Gasteiger partial charge in [-0.2, -0.15) is 0 Å². The molecule has 9 nitrogen and oxygen atoms in total. The lowest BCUT2D eigenvalue weighted by Gasteiger charge is -2.11. The number of carbonyl (C=O) groups is 1. The summed E-state index contributed by atoms with van der Waals surface area (Å²) in [6.07, 6.45) is 1.40. The molecule has 0 saturated carbocycles. The molecule has 2 aromatic heterocycles. The van der Waals surface area contributed by atoms with Gasteiger partial charge in [0, 0.05) is 26.7 Å². The number of sulfone groups is 1. The van der Waals surface area contributed by atoms with E-state index >= 15 is 0 Å². The van der Waals surface area contributed by atoms with Gasteiger partial charge >= 0.3 is 11.1 Å². The van der Waals surface area contributed by atoms with Crippen LogP contribution in [0.1, 0.15) is 12.1 Å². The van der Waals surface area contributed by atoms with Gasteiger partial charge in [-0.3, -0.25) is 19.4 Å². The maximum absolute atomic E-state index is 12.7. The summed E-state index contributed by atoms with van der Waals surface area (Å²) in [4.78, 5) is 39.9. The maximum atomic E-state index is 12.7. The van der Waals surface area contributed by atoms with Crippen molar-refractivity contribution in [3.63, 3.8) is 0 Å². The molecule has 0 bridgehead atoms. The largest absolute Gasteiger partial charge is 0.350 e. The van der Waals surface area contributed by atoms with Crippen LogP contribution in [0.3, 0.4) is 0 Å². The Morgan fingerprint density at radius 2 is 1.72 bits per heavy atom. The first-order valence-electron chi connectivity index (χ1n) is 8.80. The summed E-state index contributed by atoms with van der Waals surface area (Å²) >= 11 is 0. The highest BCUT2D eigenvalue weighted by atomic mass is 32.2. The molecule has 1 aromatic carbocycles. The van der Waals surface area contributed by atoms with E-state index in [-0.39, 0.29) is 23.6 Å². The Hall–Kier alpha value is -3.27. The third-order valence-corrected chi connectivity index (χ3v) is 6.33. The molecule has 152 valence electrons. The van der Waals surface area contributed by atoms with Crippen LogP contribution in [0.4, 0.5) is 0 Å². The molecule has 0 unspecified atom stereocenters. The number of hydrogen-bond donors (Lipinski definition) is 1. The number of amides is 1. The lowest BCUT2D eigenvalue weighted by molar-refractivity contribution is -0.120. The summed E-state index contributed by atoms with van der Waals surface area (Å²) in [5, 5.41) is 2.63. The molecule has 29 heavy (non-hydrogen) atoms. The molecule has 0 aliphatic rings. The molecule has 0 radical (unpaired) electrons. The number of aromatic nitrogens is 3. The van der Waals surface area contributed by atoms with Crippen molar-refractivity contribution in [1.29, 1.82) is 0 Å². The quantitative estimate of drug-likeness (QED) is 0.570. The van der Waals surface area contributed by atoms with Crippen LogP contribution in [0.15, 0.2) is 57.1 Å². The van der Waals surface area contributed by atoms with Crippen LogP contribution in [-0.4, -0.2) is 34.2 Å². The standard InChI is InChI=1S/C19H20N4O5S/c1-22-15-7-6-14(11-16(15)23(2)19(26)18(22)25)29(27,28)10-8-17(24)21-12-13-5-3-4-9-20-13/h3-7,9,11H,8,10,12H2,1-2H3,(H,21,24). The average molecular weight is 416 g/mol. The van der Waals surface area contributed by atoms with E-state index in [1.807, 2.05) is 0 Å². The maximum Gasteiger partial charge on any atom is 0.316 e. The third-order valence-electron chi connectivity index (χ3n) is 4.61. The molecule has 0 spiro atoms. The predicted molar refractivity (Wildman–Crippen MR) is 107 cm³/mol. The Morgan fingerprint density at radius 1 is 1.03 bits per heavy atom. The number of nitrogens with one attached hydrogen (secondary N) is 1. The first-order chi connectivity index (χ1) is 13.7. The Morgan fingerprint density at radius 3 is 2.38 bits per heavy atom. The Labute approximate surface area is 166 Å². The molecule has 3 aromatic rings. The van der Waals surface area contributed by atoms with Crippen LogP contribution in [-0.2, 0) is 35.3 Å². The Kier molecular flexibility index (Phi) is 5.64. The molecule has 0 aliphatic heterocycles. The van der Waals surface area contributed by atoms with Crippen LogP contribution < -0.4 is 16.4 Å². The third kappa shape index (κ3) is 4.27. The number of aryl methyl sites for hydroxylation is 2. The molecular weight excluding hydrogens is 396 g/mol. The van der Waals surface area contributed by atoms with Crippen molar-refractivity contribution >= 4 is 26.8 Å².